The van der Waals surface area contributed by atoms with E-state index in [4.69, 9.17) is 23.2 Å². The van der Waals surface area contributed by atoms with Crippen LogP contribution >= 0.6 is 23.2 Å². The van der Waals surface area contributed by atoms with Gasteiger partial charge in [0.1, 0.15) is 0 Å². The Morgan fingerprint density at radius 1 is 0.952 bits per heavy atom. The van der Waals surface area contributed by atoms with Gasteiger partial charge in [-0.2, -0.15) is 0 Å². The van der Waals surface area contributed by atoms with Crippen molar-refractivity contribution in [3.63, 3.8) is 0 Å². The molecule has 1 heterocycles. The fourth-order valence-corrected chi connectivity index (χ4v) is 2.83. The van der Waals surface area contributed by atoms with E-state index in [1.807, 2.05) is 4.90 Å². The highest BCUT2D eigenvalue weighted by Gasteiger charge is 2.35. The van der Waals surface area contributed by atoms with Crippen molar-refractivity contribution in [2.24, 2.45) is 5.92 Å². The van der Waals surface area contributed by atoms with Gasteiger partial charge in [-0.15, -0.1) is 0 Å². The molecule has 6 heteroatoms. The number of benzene rings is 1. The van der Waals surface area contributed by atoms with Gasteiger partial charge in [0, 0.05) is 37.7 Å². The maximum Gasteiger partial charge on any atom is 0.254 e. The number of nitrogens with zero attached hydrogens (tertiary/aromatic N) is 2. The van der Waals surface area contributed by atoms with E-state index in [9.17, 15) is 9.59 Å². The van der Waals surface area contributed by atoms with Crippen molar-refractivity contribution in [2.75, 3.05) is 26.2 Å². The lowest BCUT2D eigenvalue weighted by Crippen LogP contribution is -2.51. The number of halogens is 2. The first-order valence-electron chi connectivity index (χ1n) is 7.09. The lowest BCUT2D eigenvalue weighted by molar-refractivity contribution is -0.134. The van der Waals surface area contributed by atoms with Crippen LogP contribution in [0.4, 0.5) is 0 Å². The summed E-state index contributed by atoms with van der Waals surface area (Å²) in [6, 6.07) is 4.90. The maximum absolute atomic E-state index is 12.4. The van der Waals surface area contributed by atoms with Gasteiger partial charge in [-0.25, -0.2) is 0 Å². The molecule has 1 aliphatic heterocycles. The number of carbonyl (C=O) groups excluding carboxylic acids is 2. The molecular formula is C15H16Cl2N2O2. The number of hydrogen-bond acceptors (Lipinski definition) is 2. The van der Waals surface area contributed by atoms with Crippen LogP contribution < -0.4 is 0 Å². The molecule has 1 saturated heterocycles. The zero-order chi connectivity index (χ0) is 15.0. The monoisotopic (exact) mass is 326 g/mol. The molecule has 2 aliphatic rings. The van der Waals surface area contributed by atoms with Crippen LogP contribution in [-0.2, 0) is 4.79 Å². The number of piperazine rings is 1. The highest BCUT2D eigenvalue weighted by molar-refractivity contribution is 6.42. The average Bonchev–Trinajstić information content (AvgIpc) is 3.33. The Kier molecular flexibility index (Phi) is 4.09. The van der Waals surface area contributed by atoms with E-state index in [1.54, 1.807) is 23.1 Å². The van der Waals surface area contributed by atoms with Gasteiger partial charge < -0.3 is 9.80 Å². The molecule has 112 valence electrons. The molecule has 0 radical (unpaired) electrons. The minimum Gasteiger partial charge on any atom is -0.339 e. The number of rotatable bonds is 2. The van der Waals surface area contributed by atoms with Gasteiger partial charge in [0.25, 0.3) is 5.91 Å². The molecule has 0 N–H and O–H groups in total. The highest BCUT2D eigenvalue weighted by atomic mass is 35.5. The van der Waals surface area contributed by atoms with Gasteiger partial charge in [0.15, 0.2) is 0 Å². The van der Waals surface area contributed by atoms with Gasteiger partial charge in [-0.05, 0) is 31.0 Å². The first-order valence-corrected chi connectivity index (χ1v) is 7.85. The largest absolute Gasteiger partial charge is 0.339 e. The molecule has 1 aromatic rings. The molecule has 2 amide bonds. The van der Waals surface area contributed by atoms with E-state index in [1.165, 1.54) is 0 Å². The fourth-order valence-electron chi connectivity index (χ4n) is 2.53. The molecule has 21 heavy (non-hydrogen) atoms. The summed E-state index contributed by atoms with van der Waals surface area (Å²) in [5, 5.41) is 0.818. The Morgan fingerprint density at radius 2 is 1.57 bits per heavy atom. The lowest BCUT2D eigenvalue weighted by Gasteiger charge is -2.35. The first-order chi connectivity index (χ1) is 10.1. The van der Waals surface area contributed by atoms with Crippen molar-refractivity contribution in [2.45, 2.75) is 12.8 Å². The van der Waals surface area contributed by atoms with Gasteiger partial charge in [-0.1, -0.05) is 23.2 Å². The third-order valence-corrected chi connectivity index (χ3v) is 4.71. The molecule has 3 rings (SSSR count). The van der Waals surface area contributed by atoms with Crippen molar-refractivity contribution in [1.29, 1.82) is 0 Å². The van der Waals surface area contributed by atoms with E-state index >= 15 is 0 Å². The normalized spacial score (nSPS) is 18.8. The van der Waals surface area contributed by atoms with Gasteiger partial charge in [0.2, 0.25) is 5.91 Å². The molecular weight excluding hydrogens is 311 g/mol. The van der Waals surface area contributed by atoms with E-state index in [2.05, 4.69) is 0 Å². The van der Waals surface area contributed by atoms with Gasteiger partial charge >= 0.3 is 0 Å². The van der Waals surface area contributed by atoms with Crippen LogP contribution in [-0.4, -0.2) is 47.8 Å². The van der Waals surface area contributed by atoms with Crippen LogP contribution in [0.2, 0.25) is 10.0 Å². The molecule has 0 atom stereocenters. The number of carbonyl (C=O) groups is 2. The van der Waals surface area contributed by atoms with Crippen LogP contribution in [0.3, 0.4) is 0 Å². The number of amides is 2. The standard InChI is InChI=1S/C15H16Cl2N2O2/c16-12-4-3-11(9-13(12)17)15(21)19-7-5-18(6-8-19)14(20)10-1-2-10/h3-4,9-10H,1-2,5-8H2. The van der Waals surface area contributed by atoms with E-state index in [0.29, 0.717) is 41.8 Å². The smallest absolute Gasteiger partial charge is 0.254 e. The van der Waals surface area contributed by atoms with E-state index in [0.717, 1.165) is 12.8 Å². The van der Waals surface area contributed by atoms with Crippen molar-refractivity contribution in [1.82, 2.24) is 9.80 Å². The maximum atomic E-state index is 12.4. The summed E-state index contributed by atoms with van der Waals surface area (Å²) in [6.07, 6.45) is 2.03. The summed E-state index contributed by atoms with van der Waals surface area (Å²) >= 11 is 11.8. The van der Waals surface area contributed by atoms with Gasteiger partial charge in [-0.3, -0.25) is 9.59 Å². The predicted octanol–water partition coefficient (Wildman–Crippen LogP) is 2.69. The molecule has 1 aromatic carbocycles. The summed E-state index contributed by atoms with van der Waals surface area (Å²) in [4.78, 5) is 28.0. The lowest BCUT2D eigenvalue weighted by atomic mass is 10.1. The highest BCUT2D eigenvalue weighted by Crippen LogP contribution is 2.31. The van der Waals surface area contributed by atoms with E-state index < -0.39 is 0 Å². The summed E-state index contributed by atoms with van der Waals surface area (Å²) in [5.41, 5.74) is 0.534. The second-order valence-electron chi connectivity index (χ2n) is 5.52. The summed E-state index contributed by atoms with van der Waals surface area (Å²) in [6.45, 7) is 2.36. The fraction of sp³-hybridized carbons (Fsp3) is 0.467. The summed E-state index contributed by atoms with van der Waals surface area (Å²) in [7, 11) is 0. The van der Waals surface area contributed by atoms with Crippen LogP contribution in [0.25, 0.3) is 0 Å². The van der Waals surface area contributed by atoms with Crippen molar-refractivity contribution in [3.8, 4) is 0 Å². The van der Waals surface area contributed by atoms with Crippen LogP contribution in [0.15, 0.2) is 18.2 Å². The summed E-state index contributed by atoms with van der Waals surface area (Å²) in [5.74, 6) is 0.422. The Labute approximate surface area is 133 Å². The van der Waals surface area contributed by atoms with Crippen LogP contribution in [0.1, 0.15) is 23.2 Å². The molecule has 4 nitrogen and oxygen atoms in total. The minimum atomic E-state index is -0.0629. The zero-order valence-electron chi connectivity index (χ0n) is 11.5. The Hall–Kier alpha value is -1.26. The van der Waals surface area contributed by atoms with Crippen molar-refractivity contribution < 1.29 is 9.59 Å². The van der Waals surface area contributed by atoms with Crippen LogP contribution in [0, 0.1) is 5.92 Å². The molecule has 0 unspecified atom stereocenters. The third kappa shape index (κ3) is 3.16. The third-order valence-electron chi connectivity index (χ3n) is 3.97. The molecule has 0 aromatic heterocycles. The Morgan fingerprint density at radius 3 is 2.14 bits per heavy atom. The van der Waals surface area contributed by atoms with Gasteiger partial charge in [0.05, 0.1) is 10.0 Å². The Balaban J connectivity index is 1.61. The second-order valence-corrected chi connectivity index (χ2v) is 6.34. The Bertz CT molecular complexity index is 579. The zero-order valence-corrected chi connectivity index (χ0v) is 13.0. The molecule has 1 aliphatic carbocycles. The summed E-state index contributed by atoms with van der Waals surface area (Å²) < 4.78 is 0. The van der Waals surface area contributed by atoms with Crippen molar-refractivity contribution in [3.05, 3.63) is 33.8 Å². The average molecular weight is 327 g/mol. The quantitative estimate of drug-likeness (QED) is 0.838. The van der Waals surface area contributed by atoms with E-state index in [-0.39, 0.29) is 17.7 Å². The molecule has 0 bridgehead atoms. The number of hydrogen-bond donors (Lipinski definition) is 0. The SMILES string of the molecule is O=C(c1ccc(Cl)c(Cl)c1)N1CCN(C(=O)C2CC2)CC1. The molecule has 2 fully saturated rings. The van der Waals surface area contributed by atoms with Crippen molar-refractivity contribution >= 4 is 35.0 Å². The molecule has 0 spiro atoms. The predicted molar refractivity (Wildman–Crippen MR) is 81.7 cm³/mol. The second kappa shape index (κ2) is 5.85. The first kappa shape index (κ1) is 14.7. The van der Waals surface area contributed by atoms with Crippen LogP contribution in [0.5, 0.6) is 0 Å². The minimum absolute atomic E-state index is 0.0629. The molecule has 1 saturated carbocycles. The topological polar surface area (TPSA) is 40.6 Å².